The van der Waals surface area contributed by atoms with Gasteiger partial charge in [0.2, 0.25) is 11.8 Å². The van der Waals surface area contributed by atoms with Crippen LogP contribution in [-0.2, 0) is 9.59 Å². The fraction of sp³-hybridized carbons (Fsp3) is 0.846. The molecule has 0 spiro atoms. The van der Waals surface area contributed by atoms with Crippen molar-refractivity contribution < 1.29 is 9.59 Å². The van der Waals surface area contributed by atoms with Gasteiger partial charge >= 0.3 is 0 Å². The van der Waals surface area contributed by atoms with Gasteiger partial charge in [0, 0.05) is 18.0 Å². The molecular formula is C13H23N3O2. The molecule has 0 aromatic carbocycles. The number of nitrogens with two attached hydrogens (primary N) is 1. The summed E-state index contributed by atoms with van der Waals surface area (Å²) in [4.78, 5) is 23.5. The van der Waals surface area contributed by atoms with Crippen molar-refractivity contribution in [2.24, 2.45) is 5.73 Å². The van der Waals surface area contributed by atoms with Gasteiger partial charge in [-0.25, -0.2) is 0 Å². The van der Waals surface area contributed by atoms with Crippen LogP contribution >= 0.6 is 0 Å². The fourth-order valence-corrected chi connectivity index (χ4v) is 2.49. The second-order valence-corrected chi connectivity index (χ2v) is 5.82. The van der Waals surface area contributed by atoms with E-state index in [-0.39, 0.29) is 17.4 Å². The molecule has 4 N–H and O–H groups in total. The van der Waals surface area contributed by atoms with Gasteiger partial charge in [-0.3, -0.25) is 9.59 Å². The minimum Gasteiger partial charge on any atom is -0.352 e. The van der Waals surface area contributed by atoms with Crippen molar-refractivity contribution in [1.29, 1.82) is 0 Å². The Morgan fingerprint density at radius 2 is 1.94 bits per heavy atom. The molecule has 1 unspecified atom stereocenters. The molecule has 0 radical (unpaired) electrons. The van der Waals surface area contributed by atoms with E-state index in [0.29, 0.717) is 12.5 Å². The average Bonchev–Trinajstić information content (AvgIpc) is 2.99. The van der Waals surface area contributed by atoms with Crippen LogP contribution in [0.25, 0.3) is 0 Å². The van der Waals surface area contributed by atoms with Gasteiger partial charge in [-0.1, -0.05) is 12.8 Å². The Balaban J connectivity index is 1.73. The lowest BCUT2D eigenvalue weighted by Gasteiger charge is -2.23. The van der Waals surface area contributed by atoms with Crippen molar-refractivity contribution in [2.75, 3.05) is 0 Å². The topological polar surface area (TPSA) is 84.2 Å². The molecule has 18 heavy (non-hydrogen) atoms. The van der Waals surface area contributed by atoms with E-state index in [1.165, 1.54) is 0 Å². The molecule has 2 aliphatic rings. The van der Waals surface area contributed by atoms with Crippen LogP contribution in [0.5, 0.6) is 0 Å². The number of hydrogen-bond acceptors (Lipinski definition) is 3. The molecule has 2 fully saturated rings. The van der Waals surface area contributed by atoms with E-state index in [9.17, 15) is 9.59 Å². The van der Waals surface area contributed by atoms with Crippen LogP contribution in [0.2, 0.25) is 0 Å². The van der Waals surface area contributed by atoms with E-state index in [4.69, 9.17) is 5.73 Å². The lowest BCUT2D eigenvalue weighted by atomic mass is 9.94. The summed E-state index contributed by atoms with van der Waals surface area (Å²) in [5.74, 6) is -0.207. The molecule has 5 nitrogen and oxygen atoms in total. The molecule has 2 amide bonds. The normalized spacial score (nSPS) is 23.4. The molecule has 0 aromatic rings. The van der Waals surface area contributed by atoms with Crippen molar-refractivity contribution in [3.8, 4) is 0 Å². The maximum atomic E-state index is 11.8. The smallest absolute Gasteiger partial charge is 0.242 e. The molecule has 0 aromatic heterocycles. The van der Waals surface area contributed by atoms with Gasteiger partial charge in [-0.05, 0) is 32.6 Å². The largest absolute Gasteiger partial charge is 0.352 e. The highest BCUT2D eigenvalue weighted by molar-refractivity contribution is 5.87. The predicted molar refractivity (Wildman–Crippen MR) is 68.8 cm³/mol. The minimum atomic E-state index is -0.469. The number of carbonyl (C=O) groups excluding carboxylic acids is 2. The third kappa shape index (κ3) is 3.70. The van der Waals surface area contributed by atoms with Crippen LogP contribution in [-0.4, -0.2) is 29.4 Å². The number of carbonyl (C=O) groups is 2. The summed E-state index contributed by atoms with van der Waals surface area (Å²) >= 11 is 0. The van der Waals surface area contributed by atoms with E-state index in [0.717, 1.165) is 38.5 Å². The summed E-state index contributed by atoms with van der Waals surface area (Å²) in [6, 6.07) is -0.143. The maximum absolute atomic E-state index is 11.8. The molecule has 5 heteroatoms. The average molecular weight is 253 g/mol. The zero-order chi connectivity index (χ0) is 13.2. The summed E-state index contributed by atoms with van der Waals surface area (Å²) in [6.07, 6.45) is 6.44. The quantitative estimate of drug-likeness (QED) is 0.664. The fourth-order valence-electron chi connectivity index (χ4n) is 2.49. The van der Waals surface area contributed by atoms with Gasteiger partial charge in [0.15, 0.2) is 0 Å². The van der Waals surface area contributed by atoms with Crippen LogP contribution in [0.15, 0.2) is 0 Å². The summed E-state index contributed by atoms with van der Waals surface area (Å²) in [6.45, 7) is 1.72. The summed E-state index contributed by atoms with van der Waals surface area (Å²) in [5.41, 5.74) is 5.79. The number of amides is 2. The zero-order valence-electron chi connectivity index (χ0n) is 11.0. The van der Waals surface area contributed by atoms with E-state index in [1.54, 1.807) is 6.92 Å². The van der Waals surface area contributed by atoms with Gasteiger partial charge in [0.25, 0.3) is 0 Å². The van der Waals surface area contributed by atoms with E-state index in [2.05, 4.69) is 10.6 Å². The lowest BCUT2D eigenvalue weighted by Crippen LogP contribution is -2.49. The Kier molecular flexibility index (Phi) is 3.90. The van der Waals surface area contributed by atoms with Crippen molar-refractivity contribution in [1.82, 2.24) is 10.6 Å². The molecule has 2 saturated carbocycles. The lowest BCUT2D eigenvalue weighted by molar-refractivity contribution is -0.129. The number of nitrogens with one attached hydrogen (secondary N) is 2. The van der Waals surface area contributed by atoms with E-state index >= 15 is 0 Å². The minimum absolute atomic E-state index is 0.0941. The number of hydrogen-bond donors (Lipinski definition) is 3. The molecule has 0 aliphatic heterocycles. The Labute approximate surface area is 108 Å². The van der Waals surface area contributed by atoms with Crippen LogP contribution < -0.4 is 16.4 Å². The van der Waals surface area contributed by atoms with Gasteiger partial charge < -0.3 is 16.4 Å². The first-order valence-corrected chi connectivity index (χ1v) is 6.87. The molecule has 2 rings (SSSR count). The second kappa shape index (κ2) is 5.26. The molecule has 102 valence electrons. The third-order valence-corrected chi connectivity index (χ3v) is 3.81. The van der Waals surface area contributed by atoms with Gasteiger partial charge in [0.1, 0.15) is 6.04 Å². The molecule has 0 bridgehead atoms. The van der Waals surface area contributed by atoms with Crippen molar-refractivity contribution in [3.63, 3.8) is 0 Å². The Morgan fingerprint density at radius 3 is 2.50 bits per heavy atom. The van der Waals surface area contributed by atoms with Crippen LogP contribution in [0.3, 0.4) is 0 Å². The van der Waals surface area contributed by atoms with Gasteiger partial charge in [-0.15, -0.1) is 0 Å². The van der Waals surface area contributed by atoms with Gasteiger partial charge in [-0.2, -0.15) is 0 Å². The molecule has 1 atom stereocenters. The summed E-state index contributed by atoms with van der Waals surface area (Å²) in [7, 11) is 0. The zero-order valence-corrected chi connectivity index (χ0v) is 11.0. The standard InChI is InChI=1S/C13H23N3O2/c1-9(12(18)16-10-4-5-10)15-11(17)8-13(14)6-2-3-7-13/h9-10H,2-8,14H2,1H3,(H,15,17)(H,16,18). The Hall–Kier alpha value is -1.10. The van der Waals surface area contributed by atoms with Crippen molar-refractivity contribution in [2.45, 2.75) is 69.5 Å². The van der Waals surface area contributed by atoms with Crippen molar-refractivity contribution >= 4 is 11.8 Å². The first-order chi connectivity index (χ1) is 8.48. The van der Waals surface area contributed by atoms with Crippen LogP contribution in [0.1, 0.15) is 51.9 Å². The predicted octanol–water partition coefficient (Wildman–Crippen LogP) is 0.431. The molecule has 0 heterocycles. The van der Waals surface area contributed by atoms with E-state index < -0.39 is 6.04 Å². The SMILES string of the molecule is CC(NC(=O)CC1(N)CCCC1)C(=O)NC1CC1. The van der Waals surface area contributed by atoms with Crippen LogP contribution in [0.4, 0.5) is 0 Å². The first-order valence-electron chi connectivity index (χ1n) is 6.87. The summed E-state index contributed by atoms with van der Waals surface area (Å²) < 4.78 is 0. The molecule has 2 aliphatic carbocycles. The third-order valence-electron chi connectivity index (χ3n) is 3.81. The van der Waals surface area contributed by atoms with E-state index in [1.807, 2.05) is 0 Å². The second-order valence-electron chi connectivity index (χ2n) is 5.82. The Morgan fingerprint density at radius 1 is 1.33 bits per heavy atom. The Bertz CT molecular complexity index is 333. The highest BCUT2D eigenvalue weighted by Gasteiger charge is 2.33. The highest BCUT2D eigenvalue weighted by Crippen LogP contribution is 2.29. The molecular weight excluding hydrogens is 230 g/mol. The molecule has 0 saturated heterocycles. The summed E-state index contributed by atoms with van der Waals surface area (Å²) in [5, 5.41) is 5.61. The highest BCUT2D eigenvalue weighted by atomic mass is 16.2. The van der Waals surface area contributed by atoms with Gasteiger partial charge in [0.05, 0.1) is 0 Å². The van der Waals surface area contributed by atoms with Crippen molar-refractivity contribution in [3.05, 3.63) is 0 Å². The number of rotatable bonds is 5. The maximum Gasteiger partial charge on any atom is 0.242 e. The van der Waals surface area contributed by atoms with Crippen LogP contribution in [0, 0.1) is 0 Å². The monoisotopic (exact) mass is 253 g/mol. The first kappa shape index (κ1) is 13.3.